The van der Waals surface area contributed by atoms with Crippen LogP contribution in [-0.4, -0.2) is 24.1 Å². The van der Waals surface area contributed by atoms with Crippen molar-refractivity contribution in [2.24, 2.45) is 5.92 Å². The summed E-state index contributed by atoms with van der Waals surface area (Å²) < 4.78 is 9.98. The topological polar surface area (TPSA) is 81.4 Å². The molecule has 1 amide bonds. The van der Waals surface area contributed by atoms with Crippen LogP contribution in [0.15, 0.2) is 4.52 Å². The van der Waals surface area contributed by atoms with Crippen LogP contribution in [0.3, 0.4) is 0 Å². The molecule has 128 valence electrons. The van der Waals surface area contributed by atoms with Gasteiger partial charge in [-0.05, 0) is 44.6 Å². The minimum absolute atomic E-state index is 0.317. The predicted molar refractivity (Wildman–Crippen MR) is 90.8 cm³/mol. The first-order chi connectivity index (χ1) is 11.4. The van der Waals surface area contributed by atoms with Crippen LogP contribution in [0.25, 0.3) is 0 Å². The number of thiophene rings is 1. The summed E-state index contributed by atoms with van der Waals surface area (Å²) in [6.45, 7) is 5.60. The first-order valence-electron chi connectivity index (χ1n) is 7.89. The van der Waals surface area contributed by atoms with Crippen molar-refractivity contribution in [3.63, 3.8) is 0 Å². The number of esters is 1. The van der Waals surface area contributed by atoms with Gasteiger partial charge in [0.25, 0.3) is 5.91 Å². The Morgan fingerprint density at radius 3 is 2.71 bits per heavy atom. The molecule has 0 unspecified atom stereocenters. The van der Waals surface area contributed by atoms with Crippen molar-refractivity contribution >= 4 is 28.2 Å². The number of rotatable bonds is 3. The van der Waals surface area contributed by atoms with Gasteiger partial charge in [0.15, 0.2) is 0 Å². The van der Waals surface area contributed by atoms with E-state index in [0.717, 1.165) is 29.7 Å². The maximum Gasteiger partial charge on any atom is 0.341 e. The molecule has 2 aromatic rings. The van der Waals surface area contributed by atoms with Crippen LogP contribution in [0, 0.1) is 19.8 Å². The summed E-state index contributed by atoms with van der Waals surface area (Å²) in [6, 6.07) is 0. The average Bonchev–Trinajstić information content (AvgIpc) is 3.05. The van der Waals surface area contributed by atoms with Crippen molar-refractivity contribution in [2.45, 2.75) is 40.0 Å². The Balaban J connectivity index is 1.98. The second-order valence-corrected chi connectivity index (χ2v) is 7.31. The Morgan fingerprint density at radius 2 is 2.08 bits per heavy atom. The highest BCUT2D eigenvalue weighted by Gasteiger charge is 2.29. The summed E-state index contributed by atoms with van der Waals surface area (Å²) in [5.74, 6) is 0.312. The smallest absolute Gasteiger partial charge is 0.341 e. The highest BCUT2D eigenvalue weighted by molar-refractivity contribution is 7.17. The van der Waals surface area contributed by atoms with Crippen LogP contribution in [-0.2, 0) is 17.6 Å². The molecule has 1 N–H and O–H groups in total. The Hall–Kier alpha value is -2.15. The molecule has 24 heavy (non-hydrogen) atoms. The van der Waals surface area contributed by atoms with Gasteiger partial charge in [-0.2, -0.15) is 0 Å². The molecule has 6 nitrogen and oxygen atoms in total. The van der Waals surface area contributed by atoms with E-state index in [1.807, 2.05) is 0 Å². The predicted octanol–water partition coefficient (Wildman–Crippen LogP) is 3.52. The van der Waals surface area contributed by atoms with Crippen LogP contribution in [0.5, 0.6) is 0 Å². The summed E-state index contributed by atoms with van der Waals surface area (Å²) >= 11 is 1.46. The van der Waals surface area contributed by atoms with E-state index in [1.54, 1.807) is 13.8 Å². The molecular weight excluding hydrogens is 328 g/mol. The number of hydrogen-bond donors (Lipinski definition) is 1. The van der Waals surface area contributed by atoms with Crippen molar-refractivity contribution in [1.29, 1.82) is 0 Å². The minimum Gasteiger partial charge on any atom is -0.465 e. The SMILES string of the molecule is COC(=O)c1c(NC(=O)c2c(C)noc2C)sc2c1CC[C@H](C)C2. The summed E-state index contributed by atoms with van der Waals surface area (Å²) in [6.07, 6.45) is 2.79. The van der Waals surface area contributed by atoms with Gasteiger partial charge in [-0.1, -0.05) is 12.1 Å². The zero-order valence-electron chi connectivity index (χ0n) is 14.2. The Kier molecular flexibility index (Phi) is 4.45. The minimum atomic E-state index is -0.406. The van der Waals surface area contributed by atoms with Gasteiger partial charge in [0.2, 0.25) is 0 Å². The molecule has 0 fully saturated rings. The van der Waals surface area contributed by atoms with Crippen molar-refractivity contribution in [2.75, 3.05) is 12.4 Å². The Bertz CT molecular complexity index is 786. The van der Waals surface area contributed by atoms with Crippen LogP contribution in [0.2, 0.25) is 0 Å². The fourth-order valence-corrected chi connectivity index (χ4v) is 4.52. The van der Waals surface area contributed by atoms with Crippen LogP contribution in [0.1, 0.15) is 56.0 Å². The lowest BCUT2D eigenvalue weighted by molar-refractivity contribution is 0.0601. The normalized spacial score (nSPS) is 16.6. The summed E-state index contributed by atoms with van der Waals surface area (Å²) in [7, 11) is 1.36. The standard InChI is InChI=1S/C17H20N2O4S/c1-8-5-6-11-12(7-8)24-16(14(11)17(21)22-4)18-15(20)13-9(2)19-23-10(13)3/h8H,5-7H2,1-4H3,(H,18,20)/t8-/m0/s1. The summed E-state index contributed by atoms with van der Waals surface area (Å²) in [5.41, 5.74) is 2.44. The fourth-order valence-electron chi connectivity index (χ4n) is 3.13. The van der Waals surface area contributed by atoms with E-state index in [2.05, 4.69) is 17.4 Å². The number of aryl methyl sites for hydroxylation is 2. The van der Waals surface area contributed by atoms with E-state index < -0.39 is 5.97 Å². The van der Waals surface area contributed by atoms with Crippen LogP contribution >= 0.6 is 11.3 Å². The Labute approximate surface area is 144 Å². The average molecular weight is 348 g/mol. The van der Waals surface area contributed by atoms with Gasteiger partial charge in [-0.15, -0.1) is 11.3 Å². The number of aromatic nitrogens is 1. The number of nitrogens with zero attached hydrogens (tertiary/aromatic N) is 1. The number of methoxy groups -OCH3 is 1. The van der Waals surface area contributed by atoms with Gasteiger partial charge < -0.3 is 14.6 Å². The fraction of sp³-hybridized carbons (Fsp3) is 0.471. The van der Waals surface area contributed by atoms with Gasteiger partial charge >= 0.3 is 5.97 Å². The van der Waals surface area contributed by atoms with Gasteiger partial charge in [0.1, 0.15) is 16.3 Å². The van der Waals surface area contributed by atoms with E-state index in [-0.39, 0.29) is 5.91 Å². The first kappa shape index (κ1) is 16.7. The molecule has 1 aliphatic carbocycles. The highest BCUT2D eigenvalue weighted by atomic mass is 32.1. The number of ether oxygens (including phenoxy) is 1. The zero-order valence-corrected chi connectivity index (χ0v) is 15.0. The quantitative estimate of drug-likeness (QED) is 0.858. The second-order valence-electron chi connectivity index (χ2n) is 6.20. The molecule has 0 aromatic carbocycles. The maximum atomic E-state index is 12.6. The highest BCUT2D eigenvalue weighted by Crippen LogP contribution is 2.40. The molecule has 0 saturated heterocycles. The van der Waals surface area contributed by atoms with E-state index in [1.165, 1.54) is 18.4 Å². The molecule has 2 aromatic heterocycles. The molecule has 2 heterocycles. The molecule has 3 rings (SSSR count). The molecule has 0 spiro atoms. The second kappa shape index (κ2) is 6.39. The van der Waals surface area contributed by atoms with Crippen molar-refractivity contribution in [3.05, 3.63) is 33.0 Å². The summed E-state index contributed by atoms with van der Waals surface area (Å²) in [4.78, 5) is 26.0. The third-order valence-electron chi connectivity index (χ3n) is 4.39. The first-order valence-corrected chi connectivity index (χ1v) is 8.71. The van der Waals surface area contributed by atoms with Crippen molar-refractivity contribution in [1.82, 2.24) is 5.16 Å². The Morgan fingerprint density at radius 1 is 1.33 bits per heavy atom. The van der Waals surface area contributed by atoms with E-state index >= 15 is 0 Å². The third kappa shape index (κ3) is 2.84. The number of fused-ring (bicyclic) bond motifs is 1. The molecule has 0 radical (unpaired) electrons. The number of hydrogen-bond acceptors (Lipinski definition) is 6. The van der Waals surface area contributed by atoms with Crippen LogP contribution in [0.4, 0.5) is 5.00 Å². The molecule has 0 bridgehead atoms. The van der Waals surface area contributed by atoms with Gasteiger partial charge in [0, 0.05) is 4.88 Å². The monoisotopic (exact) mass is 348 g/mol. The van der Waals surface area contributed by atoms with Gasteiger partial charge in [0.05, 0.1) is 18.4 Å². The number of anilines is 1. The third-order valence-corrected chi connectivity index (χ3v) is 5.56. The van der Waals surface area contributed by atoms with Gasteiger partial charge in [-0.25, -0.2) is 4.79 Å². The largest absolute Gasteiger partial charge is 0.465 e. The molecule has 0 aliphatic heterocycles. The lowest BCUT2D eigenvalue weighted by Gasteiger charge is -2.18. The van der Waals surface area contributed by atoms with E-state index in [4.69, 9.17) is 9.26 Å². The molecule has 1 atom stereocenters. The van der Waals surface area contributed by atoms with Crippen LogP contribution < -0.4 is 5.32 Å². The number of carbonyl (C=O) groups is 2. The maximum absolute atomic E-state index is 12.6. The molecule has 1 aliphatic rings. The molecule has 0 saturated carbocycles. The van der Waals surface area contributed by atoms with E-state index in [9.17, 15) is 9.59 Å². The van der Waals surface area contributed by atoms with Gasteiger partial charge in [-0.3, -0.25) is 4.79 Å². The van der Waals surface area contributed by atoms with Crippen molar-refractivity contribution < 1.29 is 18.8 Å². The number of nitrogens with one attached hydrogen (secondary N) is 1. The number of amides is 1. The zero-order chi connectivity index (χ0) is 17.4. The lowest BCUT2D eigenvalue weighted by Crippen LogP contribution is -2.16. The summed E-state index contributed by atoms with van der Waals surface area (Å²) in [5, 5.41) is 7.21. The van der Waals surface area contributed by atoms with E-state index in [0.29, 0.717) is 33.5 Å². The van der Waals surface area contributed by atoms with Crippen molar-refractivity contribution in [3.8, 4) is 0 Å². The molecular formula is C17H20N2O4S. The molecule has 7 heteroatoms. The lowest BCUT2D eigenvalue weighted by atomic mass is 9.88. The number of carbonyl (C=O) groups excluding carboxylic acids is 2.